The van der Waals surface area contributed by atoms with E-state index >= 15 is 0 Å². The largest absolute Gasteiger partial charge is 0.359 e. The quantitative estimate of drug-likeness (QED) is 0.278. The number of aromatic nitrogens is 4. The van der Waals surface area contributed by atoms with Crippen molar-refractivity contribution < 1.29 is 13.2 Å². The molecule has 0 fully saturated rings. The molecule has 4 aromatic rings. The van der Waals surface area contributed by atoms with Crippen LogP contribution < -0.4 is 10.0 Å². The number of imidazole rings is 1. The highest BCUT2D eigenvalue weighted by molar-refractivity contribution is 7.88. The summed E-state index contributed by atoms with van der Waals surface area (Å²) in [7, 11) is -3.37. The maximum absolute atomic E-state index is 12.9. The zero-order valence-corrected chi connectivity index (χ0v) is 22.0. The number of sulfonamides is 1. The monoisotopic (exact) mass is 559 g/mol. The van der Waals surface area contributed by atoms with Gasteiger partial charge in [0, 0.05) is 30.0 Å². The minimum atomic E-state index is -3.37. The first-order valence-corrected chi connectivity index (χ1v) is 14.1. The molecule has 3 heterocycles. The van der Waals surface area contributed by atoms with Gasteiger partial charge < -0.3 is 15.2 Å². The standard InChI is InChI=1S/C24H23Cl2N7O3S/c1-37(35,36)29-7-6-19(23-30-18-5-4-14(25)10-21(18)32-23)31-22-16-11-17(26)15(12-20(16)27-13-28-22)24(34)33-8-2-3-9-33/h2-5,10-13,19,29H,6-9H2,1H3,(H,30,32)(H,27,28,31)/t19-/m0/s1. The number of carbonyl (C=O) groups is 1. The lowest BCUT2D eigenvalue weighted by atomic mass is 10.1. The third-order valence-electron chi connectivity index (χ3n) is 5.96. The summed E-state index contributed by atoms with van der Waals surface area (Å²) >= 11 is 12.7. The first-order valence-electron chi connectivity index (χ1n) is 11.4. The number of H-pyrrole nitrogens is 1. The van der Waals surface area contributed by atoms with E-state index in [1.165, 1.54) is 6.33 Å². The highest BCUT2D eigenvalue weighted by atomic mass is 35.5. The van der Waals surface area contributed by atoms with Gasteiger partial charge in [0.15, 0.2) is 0 Å². The lowest BCUT2D eigenvalue weighted by Crippen LogP contribution is -2.28. The fourth-order valence-electron chi connectivity index (χ4n) is 4.16. The van der Waals surface area contributed by atoms with Crippen molar-refractivity contribution in [2.75, 3.05) is 31.2 Å². The number of rotatable bonds is 8. The van der Waals surface area contributed by atoms with Gasteiger partial charge in [0.2, 0.25) is 10.0 Å². The van der Waals surface area contributed by atoms with Crippen LogP contribution in [-0.2, 0) is 10.0 Å². The predicted octanol–water partition coefficient (Wildman–Crippen LogP) is 3.92. The smallest absolute Gasteiger partial charge is 0.256 e. The number of nitrogens with one attached hydrogen (secondary N) is 3. The molecule has 0 saturated carbocycles. The summed E-state index contributed by atoms with van der Waals surface area (Å²) in [6, 6.07) is 8.21. The van der Waals surface area contributed by atoms with E-state index < -0.39 is 16.1 Å². The third-order valence-corrected chi connectivity index (χ3v) is 7.24. The van der Waals surface area contributed by atoms with Gasteiger partial charge in [0.05, 0.1) is 39.4 Å². The number of anilines is 1. The van der Waals surface area contributed by atoms with E-state index in [4.69, 9.17) is 23.2 Å². The number of hydrogen-bond acceptors (Lipinski definition) is 7. The van der Waals surface area contributed by atoms with E-state index in [1.807, 2.05) is 18.2 Å². The minimum absolute atomic E-state index is 0.167. The van der Waals surface area contributed by atoms with Crippen molar-refractivity contribution in [1.82, 2.24) is 29.6 Å². The second kappa shape index (κ2) is 10.3. The second-order valence-corrected chi connectivity index (χ2v) is 11.4. The van der Waals surface area contributed by atoms with Crippen molar-refractivity contribution in [2.45, 2.75) is 12.5 Å². The Bertz CT molecular complexity index is 1630. The molecule has 2 aromatic carbocycles. The Labute approximate surface area is 223 Å². The molecule has 10 nitrogen and oxygen atoms in total. The van der Waals surface area contributed by atoms with E-state index in [-0.39, 0.29) is 17.5 Å². The minimum Gasteiger partial charge on any atom is -0.359 e. The topological polar surface area (TPSA) is 133 Å². The van der Waals surface area contributed by atoms with Gasteiger partial charge in [-0.3, -0.25) is 4.79 Å². The number of nitrogens with zero attached hydrogens (tertiary/aromatic N) is 4. The average Bonchev–Trinajstić information content (AvgIpc) is 3.52. The van der Waals surface area contributed by atoms with Crippen molar-refractivity contribution in [2.24, 2.45) is 0 Å². The van der Waals surface area contributed by atoms with E-state index in [1.54, 1.807) is 29.2 Å². The molecule has 192 valence electrons. The van der Waals surface area contributed by atoms with Crippen molar-refractivity contribution in [3.8, 4) is 0 Å². The molecule has 37 heavy (non-hydrogen) atoms. The summed E-state index contributed by atoms with van der Waals surface area (Å²) in [4.78, 5) is 31.3. The van der Waals surface area contributed by atoms with Crippen LogP contribution in [-0.4, -0.2) is 65.1 Å². The molecule has 1 aliphatic heterocycles. The molecule has 3 N–H and O–H groups in total. The maximum atomic E-state index is 12.9. The lowest BCUT2D eigenvalue weighted by molar-refractivity contribution is 0.0800. The van der Waals surface area contributed by atoms with Crippen molar-refractivity contribution in [3.05, 3.63) is 70.2 Å². The predicted molar refractivity (Wildman–Crippen MR) is 145 cm³/mol. The Balaban J connectivity index is 1.49. The molecule has 1 aliphatic rings. The molecule has 0 unspecified atom stereocenters. The summed E-state index contributed by atoms with van der Waals surface area (Å²) in [6.07, 6.45) is 6.73. The summed E-state index contributed by atoms with van der Waals surface area (Å²) in [5.74, 6) is 0.881. The number of hydrogen-bond donors (Lipinski definition) is 3. The number of halogens is 2. The summed E-state index contributed by atoms with van der Waals surface area (Å²) in [5.41, 5.74) is 2.38. The summed E-state index contributed by atoms with van der Waals surface area (Å²) < 4.78 is 25.8. The number of amides is 1. The molecule has 0 spiro atoms. The Hall–Kier alpha value is -3.25. The number of fused-ring (bicyclic) bond motifs is 2. The summed E-state index contributed by atoms with van der Waals surface area (Å²) in [6.45, 7) is 1.24. The zero-order valence-electron chi connectivity index (χ0n) is 19.7. The van der Waals surface area contributed by atoms with Gasteiger partial charge in [-0.2, -0.15) is 0 Å². The van der Waals surface area contributed by atoms with E-state index in [0.29, 0.717) is 58.2 Å². The van der Waals surface area contributed by atoms with Crippen LogP contribution in [0.5, 0.6) is 0 Å². The highest BCUT2D eigenvalue weighted by Crippen LogP contribution is 2.31. The van der Waals surface area contributed by atoms with Gasteiger partial charge in [-0.1, -0.05) is 35.4 Å². The van der Waals surface area contributed by atoms with Crippen LogP contribution in [0.1, 0.15) is 28.6 Å². The molecule has 0 saturated heterocycles. The normalized spacial score (nSPS) is 14.5. The molecule has 0 aliphatic carbocycles. The summed E-state index contributed by atoms with van der Waals surface area (Å²) in [5, 5.41) is 4.81. The Morgan fingerprint density at radius 2 is 1.92 bits per heavy atom. The van der Waals surface area contributed by atoms with Crippen LogP contribution in [0, 0.1) is 0 Å². The van der Waals surface area contributed by atoms with Gasteiger partial charge in [-0.15, -0.1) is 0 Å². The number of benzene rings is 2. The Morgan fingerprint density at radius 3 is 2.68 bits per heavy atom. The molecule has 0 bridgehead atoms. The highest BCUT2D eigenvalue weighted by Gasteiger charge is 2.22. The first kappa shape index (κ1) is 25.4. The zero-order chi connectivity index (χ0) is 26.2. The van der Waals surface area contributed by atoms with Crippen molar-refractivity contribution >= 4 is 66.9 Å². The fourth-order valence-corrected chi connectivity index (χ4v) is 5.06. The van der Waals surface area contributed by atoms with Crippen molar-refractivity contribution in [1.29, 1.82) is 0 Å². The maximum Gasteiger partial charge on any atom is 0.256 e. The number of carbonyl (C=O) groups excluding carboxylic acids is 1. The van der Waals surface area contributed by atoms with Crippen LogP contribution in [0.4, 0.5) is 5.82 Å². The van der Waals surface area contributed by atoms with Gasteiger partial charge in [0.25, 0.3) is 5.91 Å². The molecule has 5 rings (SSSR count). The van der Waals surface area contributed by atoms with Crippen LogP contribution in [0.15, 0.2) is 48.8 Å². The Morgan fingerprint density at radius 1 is 1.14 bits per heavy atom. The molecule has 1 atom stereocenters. The number of aromatic amines is 1. The van der Waals surface area contributed by atoms with Crippen LogP contribution in [0.2, 0.25) is 10.0 Å². The second-order valence-electron chi connectivity index (χ2n) is 8.69. The molecule has 1 amide bonds. The van der Waals surface area contributed by atoms with Crippen molar-refractivity contribution in [3.63, 3.8) is 0 Å². The van der Waals surface area contributed by atoms with E-state index in [2.05, 4.69) is 30.0 Å². The van der Waals surface area contributed by atoms with Gasteiger partial charge in [0.1, 0.15) is 18.0 Å². The average molecular weight is 560 g/mol. The van der Waals surface area contributed by atoms with Crippen LogP contribution >= 0.6 is 23.2 Å². The van der Waals surface area contributed by atoms with E-state index in [9.17, 15) is 13.2 Å². The van der Waals surface area contributed by atoms with Gasteiger partial charge in [-0.25, -0.2) is 28.1 Å². The SMILES string of the molecule is CS(=O)(=O)NCC[C@H](Nc1ncnc2cc(C(=O)N3CC=CC3)c(Cl)cc12)c1nc2cc(Cl)ccc2[nH]1. The molecule has 2 aromatic heterocycles. The Kier molecular flexibility index (Phi) is 7.04. The van der Waals surface area contributed by atoms with Gasteiger partial charge in [-0.05, 0) is 36.8 Å². The van der Waals surface area contributed by atoms with Crippen LogP contribution in [0.25, 0.3) is 21.9 Å². The first-order chi connectivity index (χ1) is 17.7. The van der Waals surface area contributed by atoms with Gasteiger partial charge >= 0.3 is 0 Å². The molecule has 13 heteroatoms. The molecule has 0 radical (unpaired) electrons. The molecular weight excluding hydrogens is 537 g/mol. The fraction of sp³-hybridized carbons (Fsp3) is 0.250. The third kappa shape index (κ3) is 5.69. The van der Waals surface area contributed by atoms with E-state index in [0.717, 1.165) is 11.8 Å². The van der Waals surface area contributed by atoms with Crippen LogP contribution in [0.3, 0.4) is 0 Å². The lowest BCUT2D eigenvalue weighted by Gasteiger charge is -2.19. The molecular formula is C24H23Cl2N7O3S.